The standard InChI is InChI=1S/C28H32N6O2/c1-5-20-13-17(2)22(14-30-20)25-23(24-26(29)31-16-32-27(24)33(25)3)18-8-10-19(11-9-18)28(35)34-12-6-7-21(34)15-36-4/h1,8,13-14,16,19,21H,6-7,9-12,15H2,2-4H3,(H2,29,31,32)/t19-,21-/m0/s1. The number of aryl methyl sites for hydroxylation is 2. The van der Waals surface area contributed by atoms with E-state index in [0.717, 1.165) is 71.2 Å². The van der Waals surface area contributed by atoms with E-state index in [0.29, 0.717) is 24.5 Å². The van der Waals surface area contributed by atoms with Gasteiger partial charge in [0.05, 0.1) is 23.7 Å². The number of methoxy groups -OCH3 is 1. The van der Waals surface area contributed by atoms with Gasteiger partial charge in [-0.25, -0.2) is 15.0 Å². The predicted molar refractivity (Wildman–Crippen MR) is 141 cm³/mol. The van der Waals surface area contributed by atoms with Gasteiger partial charge < -0.3 is 19.9 Å². The Hall–Kier alpha value is -3.70. The van der Waals surface area contributed by atoms with Gasteiger partial charge in [-0.2, -0.15) is 0 Å². The molecule has 3 aromatic rings. The molecule has 1 saturated heterocycles. The lowest BCUT2D eigenvalue weighted by molar-refractivity contribution is -0.137. The minimum absolute atomic E-state index is 0.0171. The second kappa shape index (κ2) is 9.75. The molecule has 1 aliphatic heterocycles. The van der Waals surface area contributed by atoms with Crippen molar-refractivity contribution in [2.24, 2.45) is 13.0 Å². The van der Waals surface area contributed by atoms with Crippen LogP contribution in [0.15, 0.2) is 24.7 Å². The molecule has 0 aromatic carbocycles. The molecule has 5 rings (SSSR count). The summed E-state index contributed by atoms with van der Waals surface area (Å²) in [6, 6.07) is 2.11. The number of pyridine rings is 1. The first-order chi connectivity index (χ1) is 17.4. The largest absolute Gasteiger partial charge is 0.383 e. The van der Waals surface area contributed by atoms with E-state index in [4.69, 9.17) is 16.9 Å². The van der Waals surface area contributed by atoms with E-state index < -0.39 is 0 Å². The number of ether oxygens (including phenoxy) is 1. The van der Waals surface area contributed by atoms with Crippen molar-refractivity contribution in [1.29, 1.82) is 0 Å². The number of nitrogen functional groups attached to an aromatic ring is 1. The molecule has 0 radical (unpaired) electrons. The van der Waals surface area contributed by atoms with Crippen LogP contribution in [0.5, 0.6) is 0 Å². The summed E-state index contributed by atoms with van der Waals surface area (Å²) >= 11 is 0. The van der Waals surface area contributed by atoms with Gasteiger partial charge in [-0.3, -0.25) is 4.79 Å². The predicted octanol–water partition coefficient (Wildman–Crippen LogP) is 3.72. The summed E-state index contributed by atoms with van der Waals surface area (Å²) in [6.07, 6.45) is 15.4. The number of allylic oxidation sites excluding steroid dienone is 2. The highest BCUT2D eigenvalue weighted by Gasteiger charge is 2.34. The molecule has 0 unspecified atom stereocenters. The van der Waals surface area contributed by atoms with Crippen molar-refractivity contribution in [2.45, 2.75) is 45.1 Å². The third kappa shape index (κ3) is 4.03. The molecule has 4 heterocycles. The van der Waals surface area contributed by atoms with Gasteiger partial charge in [0.2, 0.25) is 5.91 Å². The lowest BCUT2D eigenvalue weighted by atomic mass is 9.84. The topological polar surface area (TPSA) is 99.2 Å². The quantitative estimate of drug-likeness (QED) is 0.554. The van der Waals surface area contributed by atoms with E-state index >= 15 is 0 Å². The van der Waals surface area contributed by atoms with Crippen LogP contribution in [-0.4, -0.2) is 56.6 Å². The SMILES string of the molecule is C#Cc1cc(C)c(-c2c(C3=CC[C@H](C(=O)N4CCC[C@H]4COC)CC3)c3c(N)ncnc3n2C)cn1. The summed E-state index contributed by atoms with van der Waals surface area (Å²) in [5, 5.41) is 0.839. The number of nitrogens with zero attached hydrogens (tertiary/aromatic N) is 5. The molecule has 1 fully saturated rings. The number of terminal acetylenes is 1. The lowest BCUT2D eigenvalue weighted by Gasteiger charge is -2.30. The van der Waals surface area contributed by atoms with Gasteiger partial charge in [-0.05, 0) is 56.2 Å². The Morgan fingerprint density at radius 2 is 2.14 bits per heavy atom. The zero-order valence-electron chi connectivity index (χ0n) is 21.1. The van der Waals surface area contributed by atoms with Gasteiger partial charge in [0, 0.05) is 43.9 Å². The van der Waals surface area contributed by atoms with E-state index in [1.165, 1.54) is 6.33 Å². The van der Waals surface area contributed by atoms with Gasteiger partial charge in [0.25, 0.3) is 0 Å². The molecule has 186 valence electrons. The van der Waals surface area contributed by atoms with Crippen LogP contribution in [0.3, 0.4) is 0 Å². The van der Waals surface area contributed by atoms with Crippen LogP contribution < -0.4 is 5.73 Å². The van der Waals surface area contributed by atoms with Gasteiger partial charge >= 0.3 is 0 Å². The highest BCUT2D eigenvalue weighted by molar-refractivity contribution is 6.04. The minimum Gasteiger partial charge on any atom is -0.383 e. The third-order valence-corrected chi connectivity index (χ3v) is 7.61. The summed E-state index contributed by atoms with van der Waals surface area (Å²) in [4.78, 5) is 28.7. The monoisotopic (exact) mass is 484 g/mol. The summed E-state index contributed by atoms with van der Waals surface area (Å²) < 4.78 is 7.41. The molecule has 36 heavy (non-hydrogen) atoms. The molecule has 1 amide bonds. The number of fused-ring (bicyclic) bond motifs is 1. The highest BCUT2D eigenvalue weighted by atomic mass is 16.5. The first-order valence-electron chi connectivity index (χ1n) is 12.5. The minimum atomic E-state index is -0.0171. The fourth-order valence-corrected chi connectivity index (χ4v) is 5.80. The molecule has 1 aliphatic carbocycles. The van der Waals surface area contributed by atoms with E-state index in [9.17, 15) is 4.79 Å². The summed E-state index contributed by atoms with van der Waals surface area (Å²) in [6.45, 7) is 3.45. The first-order valence-corrected chi connectivity index (χ1v) is 12.5. The normalized spacial score (nSPS) is 19.9. The van der Waals surface area contributed by atoms with Crippen LogP contribution >= 0.6 is 0 Å². The van der Waals surface area contributed by atoms with Gasteiger partial charge in [0.1, 0.15) is 23.5 Å². The Balaban J connectivity index is 1.55. The molecule has 8 heteroatoms. The number of hydrogen-bond donors (Lipinski definition) is 1. The average molecular weight is 485 g/mol. The maximum atomic E-state index is 13.4. The Labute approximate surface area is 211 Å². The second-order valence-corrected chi connectivity index (χ2v) is 9.75. The first kappa shape index (κ1) is 24.0. The Kier molecular flexibility index (Phi) is 6.50. The van der Waals surface area contributed by atoms with Crippen molar-refractivity contribution in [2.75, 3.05) is 26.0 Å². The molecule has 2 N–H and O–H groups in total. The van der Waals surface area contributed by atoms with Gasteiger partial charge in [-0.1, -0.05) is 12.0 Å². The van der Waals surface area contributed by atoms with Crippen LogP contribution in [0.2, 0.25) is 0 Å². The number of carbonyl (C=O) groups is 1. The Morgan fingerprint density at radius 3 is 2.83 bits per heavy atom. The van der Waals surface area contributed by atoms with E-state index in [1.807, 2.05) is 31.1 Å². The highest BCUT2D eigenvalue weighted by Crippen LogP contribution is 2.43. The molecule has 0 bridgehead atoms. The van der Waals surface area contributed by atoms with Crippen molar-refractivity contribution in [3.63, 3.8) is 0 Å². The molecule has 2 aliphatic rings. The van der Waals surface area contributed by atoms with E-state index in [-0.39, 0.29) is 17.9 Å². The fraction of sp³-hybridized carbons (Fsp3) is 0.429. The fourth-order valence-electron chi connectivity index (χ4n) is 5.80. The van der Waals surface area contributed by atoms with Crippen molar-refractivity contribution in [1.82, 2.24) is 24.4 Å². The number of anilines is 1. The molecule has 3 aromatic heterocycles. The third-order valence-electron chi connectivity index (χ3n) is 7.61. The van der Waals surface area contributed by atoms with Crippen LogP contribution in [0.4, 0.5) is 5.82 Å². The zero-order valence-corrected chi connectivity index (χ0v) is 21.1. The van der Waals surface area contributed by atoms with Gasteiger partial charge in [0.15, 0.2) is 0 Å². The number of amides is 1. The molecule has 2 atom stereocenters. The maximum absolute atomic E-state index is 13.4. The lowest BCUT2D eigenvalue weighted by Crippen LogP contribution is -2.42. The molecular weight excluding hydrogens is 452 g/mol. The van der Waals surface area contributed by atoms with Crippen LogP contribution in [-0.2, 0) is 16.6 Å². The Morgan fingerprint density at radius 1 is 1.31 bits per heavy atom. The number of rotatable bonds is 5. The smallest absolute Gasteiger partial charge is 0.226 e. The van der Waals surface area contributed by atoms with E-state index in [1.54, 1.807) is 7.11 Å². The van der Waals surface area contributed by atoms with E-state index in [2.05, 4.69) is 31.5 Å². The van der Waals surface area contributed by atoms with Crippen LogP contribution in [0.25, 0.3) is 27.9 Å². The number of hydrogen-bond acceptors (Lipinski definition) is 6. The van der Waals surface area contributed by atoms with Crippen molar-refractivity contribution in [3.8, 4) is 23.6 Å². The summed E-state index contributed by atoms with van der Waals surface area (Å²) in [7, 11) is 3.69. The van der Waals surface area contributed by atoms with Gasteiger partial charge in [-0.15, -0.1) is 6.42 Å². The molecular formula is C28H32N6O2. The Bertz CT molecular complexity index is 1400. The summed E-state index contributed by atoms with van der Waals surface area (Å²) in [5.74, 6) is 3.28. The average Bonchev–Trinajstić information content (AvgIpc) is 3.47. The van der Waals surface area contributed by atoms with Crippen LogP contribution in [0, 0.1) is 25.2 Å². The van der Waals surface area contributed by atoms with Crippen molar-refractivity contribution < 1.29 is 9.53 Å². The number of aromatic nitrogens is 4. The maximum Gasteiger partial charge on any atom is 0.226 e. The number of carbonyl (C=O) groups excluding carboxylic acids is 1. The molecule has 8 nitrogen and oxygen atoms in total. The second-order valence-electron chi connectivity index (χ2n) is 9.75. The van der Waals surface area contributed by atoms with Crippen LogP contribution in [0.1, 0.15) is 48.9 Å². The van der Waals surface area contributed by atoms with Crippen molar-refractivity contribution >= 4 is 28.3 Å². The molecule has 0 saturated carbocycles. The molecule has 0 spiro atoms. The number of likely N-dealkylation sites (tertiary alicyclic amines) is 1. The summed E-state index contributed by atoms with van der Waals surface area (Å²) in [5.41, 5.74) is 12.9. The number of nitrogens with two attached hydrogens (primary N) is 1. The van der Waals surface area contributed by atoms with Crippen molar-refractivity contribution in [3.05, 3.63) is 41.5 Å². The zero-order chi connectivity index (χ0) is 25.4.